The number of hydrogen-bond donors (Lipinski definition) is 3. The highest BCUT2D eigenvalue weighted by atomic mass is 19.4. The quantitative estimate of drug-likeness (QED) is 0.514. The lowest BCUT2D eigenvalue weighted by Gasteiger charge is -2.26. The Hall–Kier alpha value is -3.60. The van der Waals surface area contributed by atoms with Gasteiger partial charge >= 0.3 is 12.2 Å². The van der Waals surface area contributed by atoms with Gasteiger partial charge in [-0.05, 0) is 36.7 Å². The maximum atomic E-state index is 12.4. The predicted octanol–water partition coefficient (Wildman–Crippen LogP) is 3.77. The molecule has 3 aromatic rings. The summed E-state index contributed by atoms with van der Waals surface area (Å²) in [7, 11) is 0. The van der Waals surface area contributed by atoms with E-state index >= 15 is 0 Å². The Balaban J connectivity index is 1.32. The van der Waals surface area contributed by atoms with Crippen LogP contribution < -0.4 is 16.0 Å². The molecule has 0 radical (unpaired) electrons. The number of allylic oxidation sites excluding steroid dienone is 4. The summed E-state index contributed by atoms with van der Waals surface area (Å²) in [5, 5.41) is 12.3. The van der Waals surface area contributed by atoms with Gasteiger partial charge in [-0.2, -0.15) is 18.3 Å². The number of hydrogen-bond acceptors (Lipinski definition) is 4. The number of nitrogens with zero attached hydrogens (tertiary/aromatic N) is 4. The zero-order chi connectivity index (χ0) is 24.6. The molecule has 0 saturated carbocycles. The molecular weight excluding hydrogens is 459 g/mol. The second-order valence-electron chi connectivity index (χ2n) is 8.93. The molecule has 5 rings (SSSR count). The molecule has 2 aliphatic rings. The van der Waals surface area contributed by atoms with Crippen LogP contribution in [0.2, 0.25) is 0 Å². The number of aromatic nitrogens is 4. The second-order valence-corrected chi connectivity index (χ2v) is 8.93. The minimum absolute atomic E-state index is 0.114. The molecule has 11 heteroatoms. The number of fused-ring (bicyclic) bond motifs is 1. The van der Waals surface area contributed by atoms with Crippen molar-refractivity contribution < 1.29 is 18.0 Å². The van der Waals surface area contributed by atoms with Crippen LogP contribution in [0, 0.1) is 5.92 Å². The zero-order valence-corrected chi connectivity index (χ0v) is 19.1. The topological polar surface area (TPSA) is 88.3 Å². The van der Waals surface area contributed by atoms with Crippen LogP contribution in [0.4, 0.5) is 18.0 Å². The first-order valence-electron chi connectivity index (χ1n) is 11.5. The highest BCUT2D eigenvalue weighted by Gasteiger charge is 2.30. The minimum atomic E-state index is -4.46. The molecule has 3 unspecified atom stereocenters. The number of halogens is 3. The molecule has 4 heterocycles. The van der Waals surface area contributed by atoms with Crippen molar-refractivity contribution in [1.29, 1.82) is 0 Å². The Bertz CT molecular complexity index is 1280. The summed E-state index contributed by atoms with van der Waals surface area (Å²) in [4.78, 5) is 16.5. The van der Waals surface area contributed by atoms with Crippen LogP contribution in [0.25, 0.3) is 16.8 Å². The number of carbonyl (C=O) groups is 1. The largest absolute Gasteiger partial charge is 0.405 e. The Morgan fingerprint density at radius 2 is 2.14 bits per heavy atom. The van der Waals surface area contributed by atoms with Gasteiger partial charge in [0.25, 0.3) is 0 Å². The van der Waals surface area contributed by atoms with Gasteiger partial charge < -0.3 is 20.4 Å². The van der Waals surface area contributed by atoms with E-state index in [0.29, 0.717) is 11.7 Å². The Morgan fingerprint density at radius 3 is 2.91 bits per heavy atom. The van der Waals surface area contributed by atoms with Crippen molar-refractivity contribution in [1.82, 2.24) is 35.1 Å². The molecule has 3 aromatic heterocycles. The SMILES string of the molecule is CC1C(NC(=O)NCC(F)(F)F)=CC=CC1c1cnc2cc(-c3cnn(C4CCNC4)c3)ccn12. The molecule has 2 amide bonds. The normalized spacial score (nSPS) is 22.4. The number of carbonyl (C=O) groups excluding carboxylic acids is 1. The Morgan fingerprint density at radius 1 is 1.29 bits per heavy atom. The van der Waals surface area contributed by atoms with Crippen LogP contribution in [0.5, 0.6) is 0 Å². The highest BCUT2D eigenvalue weighted by Crippen LogP contribution is 2.34. The number of alkyl halides is 3. The molecule has 1 aliphatic carbocycles. The van der Waals surface area contributed by atoms with Crippen molar-refractivity contribution in [3.05, 3.63) is 66.5 Å². The van der Waals surface area contributed by atoms with E-state index in [2.05, 4.69) is 26.9 Å². The van der Waals surface area contributed by atoms with Crippen molar-refractivity contribution >= 4 is 11.7 Å². The minimum Gasteiger partial charge on any atom is -0.329 e. The van der Waals surface area contributed by atoms with Crippen LogP contribution >= 0.6 is 0 Å². The van der Waals surface area contributed by atoms with Crippen LogP contribution in [0.1, 0.15) is 31.0 Å². The smallest absolute Gasteiger partial charge is 0.329 e. The lowest BCUT2D eigenvalue weighted by molar-refractivity contribution is -0.122. The molecule has 35 heavy (non-hydrogen) atoms. The van der Waals surface area contributed by atoms with E-state index in [1.807, 2.05) is 51.9 Å². The third kappa shape index (κ3) is 4.95. The molecule has 1 saturated heterocycles. The number of pyridine rings is 1. The van der Waals surface area contributed by atoms with E-state index in [0.717, 1.165) is 42.0 Å². The first-order chi connectivity index (χ1) is 16.8. The van der Waals surface area contributed by atoms with Crippen molar-refractivity contribution in [2.45, 2.75) is 31.5 Å². The first-order valence-corrected chi connectivity index (χ1v) is 11.5. The highest BCUT2D eigenvalue weighted by molar-refractivity contribution is 5.76. The maximum absolute atomic E-state index is 12.4. The monoisotopic (exact) mass is 485 g/mol. The summed E-state index contributed by atoms with van der Waals surface area (Å²) in [6.07, 6.45) is 9.78. The number of imidazole rings is 1. The van der Waals surface area contributed by atoms with Crippen LogP contribution in [0.3, 0.4) is 0 Å². The average Bonchev–Trinajstić information content (AvgIpc) is 3.58. The summed E-state index contributed by atoms with van der Waals surface area (Å²) in [6.45, 7) is 2.46. The molecule has 0 spiro atoms. The first kappa shape index (κ1) is 23.2. The fourth-order valence-corrected chi connectivity index (χ4v) is 4.64. The summed E-state index contributed by atoms with van der Waals surface area (Å²) in [5.74, 6) is -0.286. The van der Waals surface area contributed by atoms with E-state index < -0.39 is 18.8 Å². The lowest BCUT2D eigenvalue weighted by atomic mass is 9.85. The maximum Gasteiger partial charge on any atom is 0.405 e. The van der Waals surface area contributed by atoms with Gasteiger partial charge in [0.2, 0.25) is 0 Å². The summed E-state index contributed by atoms with van der Waals surface area (Å²) in [5.41, 5.74) is 4.28. The molecule has 184 valence electrons. The molecule has 0 aromatic carbocycles. The van der Waals surface area contributed by atoms with Crippen LogP contribution in [-0.2, 0) is 0 Å². The zero-order valence-electron chi connectivity index (χ0n) is 19.1. The van der Waals surface area contributed by atoms with Gasteiger partial charge in [0.05, 0.1) is 12.2 Å². The molecule has 3 atom stereocenters. The number of nitrogens with one attached hydrogen (secondary N) is 3. The molecule has 0 bridgehead atoms. The van der Waals surface area contributed by atoms with Crippen LogP contribution in [-0.4, -0.2) is 51.0 Å². The third-order valence-electron chi connectivity index (χ3n) is 6.56. The lowest BCUT2D eigenvalue weighted by Crippen LogP contribution is -2.42. The van der Waals surface area contributed by atoms with E-state index in [9.17, 15) is 18.0 Å². The fraction of sp³-hybridized carbons (Fsp3) is 0.375. The van der Waals surface area contributed by atoms with Gasteiger partial charge in [-0.3, -0.25) is 4.68 Å². The molecule has 3 N–H and O–H groups in total. The van der Waals surface area contributed by atoms with Gasteiger partial charge in [0.1, 0.15) is 12.2 Å². The summed E-state index contributed by atoms with van der Waals surface area (Å²) in [6, 6.07) is 3.51. The summed E-state index contributed by atoms with van der Waals surface area (Å²) < 4.78 is 41.2. The Kier molecular flexibility index (Phi) is 6.10. The van der Waals surface area contributed by atoms with Gasteiger partial charge in [-0.15, -0.1) is 0 Å². The molecular formula is C24H26F3N7O. The van der Waals surface area contributed by atoms with E-state index in [1.54, 1.807) is 18.3 Å². The molecule has 1 aliphatic heterocycles. The van der Waals surface area contributed by atoms with Gasteiger partial charge in [-0.1, -0.05) is 19.1 Å². The van der Waals surface area contributed by atoms with E-state index in [-0.39, 0.29) is 11.8 Å². The third-order valence-corrected chi connectivity index (χ3v) is 6.56. The van der Waals surface area contributed by atoms with E-state index in [4.69, 9.17) is 0 Å². The number of urea groups is 1. The standard InChI is InChI=1S/C24H26F3N7O/c1-15-19(3-2-4-20(15)32-23(35)30-14-24(25,26)27)21-12-29-22-9-16(6-8-33(21)22)17-10-31-34(13-17)18-5-7-28-11-18/h2-4,6,8-10,12-13,15,18-19,28H,5,7,11,14H2,1H3,(H2,30,32,35). The molecule has 8 nitrogen and oxygen atoms in total. The van der Waals surface area contributed by atoms with Crippen molar-refractivity contribution in [3.8, 4) is 11.1 Å². The second kappa shape index (κ2) is 9.21. The average molecular weight is 486 g/mol. The van der Waals surface area contributed by atoms with Crippen LogP contribution in [0.15, 0.2) is 60.8 Å². The van der Waals surface area contributed by atoms with Crippen molar-refractivity contribution in [3.63, 3.8) is 0 Å². The number of amides is 2. The predicted molar refractivity (Wildman–Crippen MR) is 125 cm³/mol. The van der Waals surface area contributed by atoms with Gasteiger partial charge in [0.15, 0.2) is 0 Å². The summed E-state index contributed by atoms with van der Waals surface area (Å²) >= 11 is 0. The van der Waals surface area contributed by atoms with E-state index in [1.165, 1.54) is 0 Å². The fourth-order valence-electron chi connectivity index (χ4n) is 4.64. The van der Waals surface area contributed by atoms with Gasteiger partial charge in [0, 0.05) is 53.9 Å². The van der Waals surface area contributed by atoms with Crippen molar-refractivity contribution in [2.75, 3.05) is 19.6 Å². The van der Waals surface area contributed by atoms with Crippen molar-refractivity contribution in [2.24, 2.45) is 5.92 Å². The Labute approximate surface area is 199 Å². The molecule has 1 fully saturated rings. The number of rotatable bonds is 5. The van der Waals surface area contributed by atoms with Gasteiger partial charge in [-0.25, -0.2) is 9.78 Å².